The molecule has 0 radical (unpaired) electrons. The van der Waals surface area contributed by atoms with Crippen LogP contribution in [0.3, 0.4) is 0 Å². The third-order valence-electron chi connectivity index (χ3n) is 3.65. The average molecular weight is 324 g/mol. The number of furan rings is 1. The Bertz CT molecular complexity index is 1050. The van der Waals surface area contributed by atoms with Crippen LogP contribution in [-0.4, -0.2) is 8.42 Å². The highest BCUT2D eigenvalue weighted by Crippen LogP contribution is 2.30. The highest BCUT2D eigenvalue weighted by Gasteiger charge is 2.11. The fraction of sp³-hybridized carbons (Fsp3) is 0.118. The molecule has 114 valence electrons. The first-order valence-corrected chi connectivity index (χ1v) is 7.92. The molecule has 0 amide bonds. The van der Waals surface area contributed by atoms with Gasteiger partial charge in [0.25, 0.3) is 0 Å². The summed E-state index contributed by atoms with van der Waals surface area (Å²) in [6.07, 6.45) is 0.603. The van der Waals surface area contributed by atoms with Crippen molar-refractivity contribution in [3.05, 3.63) is 64.9 Å². The molecular formula is C17H12N2O3S. The predicted molar refractivity (Wildman–Crippen MR) is 85.9 cm³/mol. The van der Waals surface area contributed by atoms with E-state index < -0.39 is 10.5 Å². The largest absolute Gasteiger partial charge is 0.460 e. The van der Waals surface area contributed by atoms with Gasteiger partial charge in [-0.25, -0.2) is 0 Å². The van der Waals surface area contributed by atoms with Crippen molar-refractivity contribution in [2.75, 3.05) is 0 Å². The molecule has 1 heterocycles. The maximum absolute atomic E-state index is 10.7. The van der Waals surface area contributed by atoms with Crippen LogP contribution in [0, 0.1) is 18.3 Å². The molecule has 5 nitrogen and oxygen atoms in total. The Morgan fingerprint density at radius 1 is 1.17 bits per heavy atom. The van der Waals surface area contributed by atoms with Crippen LogP contribution in [-0.2, 0) is 16.9 Å². The van der Waals surface area contributed by atoms with E-state index >= 15 is 0 Å². The van der Waals surface area contributed by atoms with E-state index in [0.29, 0.717) is 23.3 Å². The van der Waals surface area contributed by atoms with Gasteiger partial charge in [-0.3, -0.25) is 0 Å². The van der Waals surface area contributed by atoms with Crippen LogP contribution in [0.1, 0.15) is 22.5 Å². The molecule has 3 rings (SSSR count). The van der Waals surface area contributed by atoms with Crippen molar-refractivity contribution >= 4 is 27.2 Å². The Hall–Kier alpha value is -2.91. The van der Waals surface area contributed by atoms with Gasteiger partial charge in [0, 0.05) is 17.9 Å². The maximum Gasteiger partial charge on any atom is 0.316 e. The quantitative estimate of drug-likeness (QED) is 0.731. The SMILES string of the molecule is Cc1c(Cc2ccc(C#N)cc2)oc2cc(N=S(=O)=O)ccc12. The van der Waals surface area contributed by atoms with Gasteiger partial charge in [0.1, 0.15) is 11.3 Å². The molecule has 3 aromatic rings. The maximum atomic E-state index is 10.7. The zero-order valence-corrected chi connectivity index (χ0v) is 13.1. The van der Waals surface area contributed by atoms with Gasteiger partial charge < -0.3 is 4.42 Å². The Labute approximate surface area is 134 Å². The highest BCUT2D eigenvalue weighted by atomic mass is 32.2. The van der Waals surface area contributed by atoms with E-state index in [-0.39, 0.29) is 0 Å². The number of nitriles is 1. The van der Waals surface area contributed by atoms with Crippen LogP contribution >= 0.6 is 0 Å². The van der Waals surface area contributed by atoms with Crippen LogP contribution in [0.4, 0.5) is 5.69 Å². The molecule has 6 heteroatoms. The second kappa shape index (κ2) is 6.07. The standard InChI is InChI=1S/C17H12N2O3S/c1-11-15-7-6-14(19-23(20)21)9-17(15)22-16(11)8-12-2-4-13(10-18)5-3-12/h2-7,9H,8H2,1H3. The van der Waals surface area contributed by atoms with E-state index in [1.54, 1.807) is 24.3 Å². The number of hydrogen-bond acceptors (Lipinski definition) is 5. The summed E-state index contributed by atoms with van der Waals surface area (Å²) in [5, 5.41) is 9.76. The minimum Gasteiger partial charge on any atom is -0.460 e. The fourth-order valence-corrected chi connectivity index (χ4v) is 2.74. The molecule has 0 bridgehead atoms. The Morgan fingerprint density at radius 2 is 1.91 bits per heavy atom. The molecule has 1 aromatic heterocycles. The number of hydrogen-bond donors (Lipinski definition) is 0. The smallest absolute Gasteiger partial charge is 0.316 e. The van der Waals surface area contributed by atoms with E-state index in [1.807, 2.05) is 25.1 Å². The zero-order valence-electron chi connectivity index (χ0n) is 12.3. The minimum atomic E-state index is -2.49. The summed E-state index contributed by atoms with van der Waals surface area (Å²) in [7, 11) is -2.49. The number of aryl methyl sites for hydroxylation is 1. The lowest BCUT2D eigenvalue weighted by molar-refractivity contribution is 0.559. The van der Waals surface area contributed by atoms with E-state index in [1.165, 1.54) is 0 Å². The molecule has 0 aliphatic heterocycles. The summed E-state index contributed by atoms with van der Waals surface area (Å²) >= 11 is 0. The lowest BCUT2D eigenvalue weighted by Crippen LogP contribution is -1.88. The predicted octanol–water partition coefficient (Wildman–Crippen LogP) is 3.90. The van der Waals surface area contributed by atoms with E-state index in [9.17, 15) is 8.42 Å². The molecule has 0 saturated carbocycles. The third kappa shape index (κ3) is 3.15. The lowest BCUT2D eigenvalue weighted by atomic mass is 10.0. The monoisotopic (exact) mass is 324 g/mol. The van der Waals surface area contributed by atoms with Crippen LogP contribution in [0.15, 0.2) is 51.2 Å². The molecule has 0 aliphatic carbocycles. The van der Waals surface area contributed by atoms with Gasteiger partial charge in [-0.05, 0) is 42.3 Å². The van der Waals surface area contributed by atoms with Crippen molar-refractivity contribution in [2.24, 2.45) is 4.36 Å². The number of fused-ring (bicyclic) bond motifs is 1. The molecule has 0 spiro atoms. The lowest BCUT2D eigenvalue weighted by Gasteiger charge is -1.99. The van der Waals surface area contributed by atoms with Crippen molar-refractivity contribution in [3.63, 3.8) is 0 Å². The van der Waals surface area contributed by atoms with Gasteiger partial charge in [0.05, 0.1) is 17.3 Å². The van der Waals surface area contributed by atoms with Crippen LogP contribution in [0.5, 0.6) is 0 Å². The molecular weight excluding hydrogens is 312 g/mol. The summed E-state index contributed by atoms with van der Waals surface area (Å²) in [4.78, 5) is 0. The van der Waals surface area contributed by atoms with E-state index in [0.717, 1.165) is 22.3 Å². The molecule has 0 aliphatic rings. The van der Waals surface area contributed by atoms with Crippen molar-refractivity contribution in [1.29, 1.82) is 5.26 Å². The first kappa shape index (κ1) is 15.0. The van der Waals surface area contributed by atoms with Gasteiger partial charge in [0.15, 0.2) is 0 Å². The Balaban J connectivity index is 1.99. The summed E-state index contributed by atoms with van der Waals surface area (Å²) in [5.74, 6) is 0.810. The molecule has 2 aromatic carbocycles. The zero-order chi connectivity index (χ0) is 16.4. The van der Waals surface area contributed by atoms with Crippen molar-refractivity contribution in [1.82, 2.24) is 0 Å². The second-order valence-electron chi connectivity index (χ2n) is 5.12. The molecule has 0 fully saturated rings. The van der Waals surface area contributed by atoms with Gasteiger partial charge in [-0.1, -0.05) is 12.1 Å². The summed E-state index contributed by atoms with van der Waals surface area (Å²) in [6.45, 7) is 1.97. The van der Waals surface area contributed by atoms with Crippen molar-refractivity contribution in [3.8, 4) is 6.07 Å². The van der Waals surface area contributed by atoms with Crippen LogP contribution in [0.2, 0.25) is 0 Å². The molecule has 0 N–H and O–H groups in total. The first-order valence-electron chi connectivity index (χ1n) is 6.89. The topological polar surface area (TPSA) is 83.4 Å². The molecule has 23 heavy (non-hydrogen) atoms. The van der Waals surface area contributed by atoms with Crippen molar-refractivity contribution in [2.45, 2.75) is 13.3 Å². The Kier molecular flexibility index (Phi) is 3.96. The first-order chi connectivity index (χ1) is 11.1. The van der Waals surface area contributed by atoms with Crippen molar-refractivity contribution < 1.29 is 12.8 Å². The number of rotatable bonds is 3. The minimum absolute atomic E-state index is 0.338. The second-order valence-corrected chi connectivity index (χ2v) is 5.74. The third-order valence-corrected chi connectivity index (χ3v) is 4.01. The molecule has 0 saturated heterocycles. The van der Waals surface area contributed by atoms with E-state index in [2.05, 4.69) is 10.4 Å². The number of benzene rings is 2. The van der Waals surface area contributed by atoms with Gasteiger partial charge >= 0.3 is 10.5 Å². The van der Waals surface area contributed by atoms with Crippen LogP contribution < -0.4 is 0 Å². The van der Waals surface area contributed by atoms with E-state index in [4.69, 9.17) is 9.68 Å². The molecule has 0 atom stereocenters. The summed E-state index contributed by atoms with van der Waals surface area (Å²) in [6, 6.07) is 14.5. The Morgan fingerprint density at radius 3 is 2.57 bits per heavy atom. The normalized spacial score (nSPS) is 10.4. The highest BCUT2D eigenvalue weighted by molar-refractivity contribution is 7.61. The summed E-state index contributed by atoms with van der Waals surface area (Å²) < 4.78 is 30.6. The average Bonchev–Trinajstić information content (AvgIpc) is 2.83. The summed E-state index contributed by atoms with van der Waals surface area (Å²) in [5.41, 5.74) is 3.62. The number of nitrogens with zero attached hydrogens (tertiary/aromatic N) is 2. The van der Waals surface area contributed by atoms with Gasteiger partial charge in [-0.2, -0.15) is 13.7 Å². The van der Waals surface area contributed by atoms with Crippen LogP contribution in [0.25, 0.3) is 11.0 Å². The fourth-order valence-electron chi connectivity index (χ4n) is 2.46. The van der Waals surface area contributed by atoms with Gasteiger partial charge in [0.2, 0.25) is 0 Å². The molecule has 0 unspecified atom stereocenters. The van der Waals surface area contributed by atoms with Gasteiger partial charge in [-0.15, -0.1) is 4.36 Å².